The van der Waals surface area contributed by atoms with Gasteiger partial charge in [-0.2, -0.15) is 0 Å². The molecule has 148 valence electrons. The minimum Gasteiger partial charge on any atom is -0.481 e. The summed E-state index contributed by atoms with van der Waals surface area (Å²) in [5, 5.41) is 9.38. The smallest absolute Gasteiger partial charge is 0.309 e. The number of rotatable bonds is 7. The van der Waals surface area contributed by atoms with Gasteiger partial charge < -0.3 is 14.7 Å². The number of ether oxygens (including phenoxy) is 1. The lowest BCUT2D eigenvalue weighted by atomic mass is 9.83. The molecule has 0 radical (unpaired) electrons. The number of amides is 1. The highest BCUT2D eigenvalue weighted by Gasteiger charge is 2.41. The Labute approximate surface area is 157 Å². The van der Waals surface area contributed by atoms with Gasteiger partial charge >= 0.3 is 5.97 Å². The van der Waals surface area contributed by atoms with Crippen LogP contribution in [0.1, 0.15) is 71.1 Å². The molecular formula is C21H35NO4. The summed E-state index contributed by atoms with van der Waals surface area (Å²) < 4.78 is 5.75. The van der Waals surface area contributed by atoms with E-state index in [0.717, 1.165) is 51.1 Å². The van der Waals surface area contributed by atoms with E-state index in [0.29, 0.717) is 18.9 Å². The van der Waals surface area contributed by atoms with Crippen molar-refractivity contribution in [3.63, 3.8) is 0 Å². The summed E-state index contributed by atoms with van der Waals surface area (Å²) >= 11 is 0. The second kappa shape index (κ2) is 9.20. The van der Waals surface area contributed by atoms with Gasteiger partial charge in [-0.25, -0.2) is 0 Å². The predicted octanol–water partition coefficient (Wildman–Crippen LogP) is 3.71. The van der Waals surface area contributed by atoms with Crippen LogP contribution in [0, 0.1) is 23.7 Å². The highest BCUT2D eigenvalue weighted by Crippen LogP contribution is 2.35. The van der Waals surface area contributed by atoms with E-state index in [1.165, 1.54) is 25.7 Å². The second-order valence-corrected chi connectivity index (χ2v) is 8.60. The van der Waals surface area contributed by atoms with Gasteiger partial charge in [0, 0.05) is 25.6 Å². The first-order chi connectivity index (χ1) is 12.6. The lowest BCUT2D eigenvalue weighted by Crippen LogP contribution is -2.45. The molecule has 26 heavy (non-hydrogen) atoms. The number of piperidine rings is 1. The maximum atomic E-state index is 13.1. The first-order valence-electron chi connectivity index (χ1n) is 10.7. The SMILES string of the molecule is CCCC(CC1CCCC1)C(=O)N1CCC([C@@H]2OCCC2C(=O)O)CC1. The van der Waals surface area contributed by atoms with Crippen LogP contribution in [0.2, 0.25) is 0 Å². The van der Waals surface area contributed by atoms with Gasteiger partial charge in [-0.15, -0.1) is 0 Å². The Balaban J connectivity index is 1.52. The van der Waals surface area contributed by atoms with Gasteiger partial charge in [0.25, 0.3) is 0 Å². The summed E-state index contributed by atoms with van der Waals surface area (Å²) in [6.45, 7) is 4.26. The van der Waals surface area contributed by atoms with Crippen molar-refractivity contribution in [3.05, 3.63) is 0 Å². The summed E-state index contributed by atoms with van der Waals surface area (Å²) in [5.74, 6) is 0.467. The molecule has 3 fully saturated rings. The Kier molecular flexibility index (Phi) is 6.96. The molecule has 0 aromatic heterocycles. The summed E-state index contributed by atoms with van der Waals surface area (Å²) in [6, 6.07) is 0. The third kappa shape index (κ3) is 4.59. The van der Waals surface area contributed by atoms with Crippen LogP contribution in [0.3, 0.4) is 0 Å². The van der Waals surface area contributed by atoms with E-state index in [9.17, 15) is 14.7 Å². The number of hydrogen-bond acceptors (Lipinski definition) is 3. The molecular weight excluding hydrogens is 330 g/mol. The fourth-order valence-electron chi connectivity index (χ4n) is 5.39. The van der Waals surface area contributed by atoms with Crippen LogP contribution in [0.5, 0.6) is 0 Å². The molecule has 0 aromatic carbocycles. The Morgan fingerprint density at radius 1 is 1.12 bits per heavy atom. The number of nitrogens with zero attached hydrogens (tertiary/aromatic N) is 1. The third-order valence-electron chi connectivity index (χ3n) is 6.85. The fourth-order valence-corrected chi connectivity index (χ4v) is 5.39. The number of carbonyl (C=O) groups is 2. The van der Waals surface area contributed by atoms with Crippen molar-refractivity contribution in [3.8, 4) is 0 Å². The molecule has 3 aliphatic rings. The topological polar surface area (TPSA) is 66.8 Å². The van der Waals surface area contributed by atoms with Gasteiger partial charge in [-0.1, -0.05) is 39.0 Å². The van der Waals surface area contributed by atoms with Crippen LogP contribution in [0.4, 0.5) is 0 Å². The van der Waals surface area contributed by atoms with Gasteiger partial charge in [0.2, 0.25) is 5.91 Å². The van der Waals surface area contributed by atoms with Crippen LogP contribution in [-0.4, -0.2) is 47.7 Å². The van der Waals surface area contributed by atoms with Crippen molar-refractivity contribution in [2.75, 3.05) is 19.7 Å². The molecule has 1 aliphatic carbocycles. The zero-order chi connectivity index (χ0) is 18.5. The van der Waals surface area contributed by atoms with Gasteiger partial charge in [-0.3, -0.25) is 9.59 Å². The Morgan fingerprint density at radius 3 is 2.42 bits per heavy atom. The van der Waals surface area contributed by atoms with Gasteiger partial charge in [0.1, 0.15) is 0 Å². The van der Waals surface area contributed by atoms with E-state index in [1.807, 2.05) is 0 Å². The highest BCUT2D eigenvalue weighted by molar-refractivity contribution is 5.79. The summed E-state index contributed by atoms with van der Waals surface area (Å²) in [6.07, 6.45) is 10.6. The quantitative estimate of drug-likeness (QED) is 0.747. The number of aliphatic carboxylic acids is 1. The molecule has 2 unspecified atom stereocenters. The van der Waals surface area contributed by atoms with Crippen LogP contribution in [0.15, 0.2) is 0 Å². The van der Waals surface area contributed by atoms with Crippen molar-refractivity contribution in [2.24, 2.45) is 23.7 Å². The van der Waals surface area contributed by atoms with Gasteiger partial charge in [0.05, 0.1) is 12.0 Å². The van der Waals surface area contributed by atoms with Crippen LogP contribution in [0.25, 0.3) is 0 Å². The van der Waals surface area contributed by atoms with Crippen molar-refractivity contribution in [2.45, 2.75) is 77.2 Å². The molecule has 0 spiro atoms. The summed E-state index contributed by atoms with van der Waals surface area (Å²) in [4.78, 5) is 26.5. The molecule has 1 amide bonds. The lowest BCUT2D eigenvalue weighted by Gasteiger charge is -2.37. The summed E-state index contributed by atoms with van der Waals surface area (Å²) in [5.41, 5.74) is 0. The van der Waals surface area contributed by atoms with Gasteiger partial charge in [0.15, 0.2) is 0 Å². The monoisotopic (exact) mass is 365 g/mol. The van der Waals surface area contributed by atoms with Crippen LogP contribution < -0.4 is 0 Å². The van der Waals surface area contributed by atoms with Crippen molar-refractivity contribution in [1.82, 2.24) is 4.90 Å². The van der Waals surface area contributed by atoms with Crippen molar-refractivity contribution in [1.29, 1.82) is 0 Å². The molecule has 0 aromatic rings. The Morgan fingerprint density at radius 2 is 1.81 bits per heavy atom. The zero-order valence-electron chi connectivity index (χ0n) is 16.2. The molecule has 2 aliphatic heterocycles. The number of carboxylic acid groups (broad SMARTS) is 1. The minimum absolute atomic E-state index is 0.158. The number of carbonyl (C=O) groups excluding carboxylic acids is 1. The van der Waals surface area contributed by atoms with E-state index < -0.39 is 5.97 Å². The molecule has 1 N–H and O–H groups in total. The number of hydrogen-bond donors (Lipinski definition) is 1. The molecule has 1 saturated carbocycles. The van der Waals surface area contributed by atoms with E-state index in [1.54, 1.807) is 0 Å². The van der Waals surface area contributed by atoms with E-state index in [2.05, 4.69) is 11.8 Å². The second-order valence-electron chi connectivity index (χ2n) is 8.60. The lowest BCUT2D eigenvalue weighted by molar-refractivity contribution is -0.146. The molecule has 3 rings (SSSR count). The normalized spacial score (nSPS) is 29.2. The Bertz CT molecular complexity index is 480. The predicted molar refractivity (Wildman–Crippen MR) is 99.8 cm³/mol. The maximum absolute atomic E-state index is 13.1. The van der Waals surface area contributed by atoms with E-state index >= 15 is 0 Å². The first kappa shape index (κ1) is 19.7. The van der Waals surface area contributed by atoms with E-state index in [-0.39, 0.29) is 23.9 Å². The molecule has 2 heterocycles. The van der Waals surface area contributed by atoms with E-state index in [4.69, 9.17) is 4.74 Å². The number of likely N-dealkylation sites (tertiary alicyclic amines) is 1. The average Bonchev–Trinajstić information content (AvgIpc) is 3.32. The molecule has 0 bridgehead atoms. The van der Waals surface area contributed by atoms with Crippen molar-refractivity contribution < 1.29 is 19.4 Å². The zero-order valence-corrected chi connectivity index (χ0v) is 16.2. The molecule has 3 atom stereocenters. The standard InChI is InChI=1S/C21H35NO4/c1-2-5-17(14-15-6-3-4-7-15)20(23)22-11-8-16(9-12-22)19-18(21(24)25)10-13-26-19/h15-19H,2-14H2,1H3,(H,24,25)/t17?,18?,19-/m0/s1. The third-order valence-corrected chi connectivity index (χ3v) is 6.85. The highest BCUT2D eigenvalue weighted by atomic mass is 16.5. The average molecular weight is 366 g/mol. The molecule has 5 heteroatoms. The molecule has 2 saturated heterocycles. The first-order valence-corrected chi connectivity index (χ1v) is 10.7. The fraction of sp³-hybridized carbons (Fsp3) is 0.905. The number of carboxylic acids is 1. The molecule has 5 nitrogen and oxygen atoms in total. The maximum Gasteiger partial charge on any atom is 0.309 e. The Hall–Kier alpha value is -1.10. The van der Waals surface area contributed by atoms with Gasteiger partial charge in [-0.05, 0) is 43.9 Å². The van der Waals surface area contributed by atoms with Crippen LogP contribution >= 0.6 is 0 Å². The van der Waals surface area contributed by atoms with Crippen molar-refractivity contribution >= 4 is 11.9 Å². The van der Waals surface area contributed by atoms with Crippen LogP contribution in [-0.2, 0) is 14.3 Å². The summed E-state index contributed by atoms with van der Waals surface area (Å²) in [7, 11) is 0. The largest absolute Gasteiger partial charge is 0.481 e. The minimum atomic E-state index is -0.731.